The molecule has 1 spiro atoms. The van der Waals surface area contributed by atoms with Gasteiger partial charge in [-0.25, -0.2) is 0 Å². The van der Waals surface area contributed by atoms with Crippen LogP contribution in [0.25, 0.3) is 0 Å². The Labute approximate surface area is 112 Å². The average molecular weight is 264 g/mol. The maximum absolute atomic E-state index is 5.06. The Balaban J connectivity index is 1.53. The maximum Gasteiger partial charge on any atom is 0.156 e. The molecule has 0 bridgehead atoms. The van der Waals surface area contributed by atoms with E-state index in [4.69, 9.17) is 9.41 Å². The fourth-order valence-corrected chi connectivity index (χ4v) is 3.99. The minimum absolute atomic E-state index is 0.518. The first-order valence-corrected chi connectivity index (χ1v) is 7.77. The summed E-state index contributed by atoms with van der Waals surface area (Å²) in [6.07, 6.45) is 10.5. The third kappa shape index (κ3) is 2.74. The molecule has 1 aromatic rings. The topological polar surface area (TPSA) is 37.5 Å². The van der Waals surface area contributed by atoms with E-state index in [1.54, 1.807) is 12.5 Å². The first-order chi connectivity index (χ1) is 8.86. The molecule has 2 aliphatic rings. The number of nitrogens with zero attached hydrogens (tertiary/aromatic N) is 1. The summed E-state index contributed by atoms with van der Waals surface area (Å²) < 4.78 is 5.06. The van der Waals surface area contributed by atoms with Crippen molar-refractivity contribution >= 4 is 16.9 Å². The molecule has 3 rings (SSSR count). The van der Waals surface area contributed by atoms with Gasteiger partial charge in [-0.2, -0.15) is 0 Å². The van der Waals surface area contributed by atoms with Gasteiger partial charge < -0.3 is 9.73 Å². The minimum Gasteiger partial charge on any atom is -0.472 e. The number of rotatable bonds is 2. The maximum atomic E-state index is 5.06. The van der Waals surface area contributed by atoms with Crippen molar-refractivity contribution in [1.82, 2.24) is 5.32 Å². The van der Waals surface area contributed by atoms with Crippen molar-refractivity contribution in [3.63, 3.8) is 0 Å². The summed E-state index contributed by atoms with van der Waals surface area (Å²) in [6, 6.07) is 1.99. The van der Waals surface area contributed by atoms with Crippen LogP contribution in [0, 0.1) is 5.41 Å². The lowest BCUT2D eigenvalue weighted by Gasteiger charge is -2.38. The Morgan fingerprint density at radius 1 is 1.33 bits per heavy atom. The number of aliphatic imine (C=N–C) groups is 1. The molecule has 0 unspecified atom stereocenters. The third-order valence-electron chi connectivity index (χ3n) is 4.01. The molecule has 1 N–H and O–H groups in total. The average Bonchev–Trinajstić information content (AvgIpc) is 2.93. The van der Waals surface area contributed by atoms with Crippen LogP contribution >= 0.6 is 11.8 Å². The highest BCUT2D eigenvalue weighted by atomic mass is 32.2. The van der Waals surface area contributed by atoms with Gasteiger partial charge in [-0.15, -0.1) is 0 Å². The van der Waals surface area contributed by atoms with E-state index in [9.17, 15) is 0 Å². The van der Waals surface area contributed by atoms with Crippen LogP contribution in [-0.2, 0) is 6.54 Å². The highest BCUT2D eigenvalue weighted by Gasteiger charge is 2.34. The van der Waals surface area contributed by atoms with Crippen LogP contribution in [0.1, 0.15) is 37.7 Å². The Morgan fingerprint density at radius 2 is 2.22 bits per heavy atom. The second kappa shape index (κ2) is 5.39. The Bertz CT molecular complexity index is 407. The smallest absolute Gasteiger partial charge is 0.156 e. The van der Waals surface area contributed by atoms with Crippen molar-refractivity contribution in [2.45, 2.75) is 38.6 Å². The number of hydrogen-bond donors (Lipinski definition) is 1. The monoisotopic (exact) mass is 264 g/mol. The minimum atomic E-state index is 0.518. The van der Waals surface area contributed by atoms with Gasteiger partial charge in [-0.05, 0) is 24.3 Å². The molecule has 0 amide bonds. The third-order valence-corrected chi connectivity index (χ3v) is 5.31. The summed E-state index contributed by atoms with van der Waals surface area (Å²) in [5.74, 6) is 1.24. The molecule has 1 aromatic heterocycles. The first-order valence-electron chi connectivity index (χ1n) is 6.79. The zero-order chi connectivity index (χ0) is 12.3. The summed E-state index contributed by atoms with van der Waals surface area (Å²) in [5.41, 5.74) is 1.69. The molecular formula is C14H20N2OS. The van der Waals surface area contributed by atoms with E-state index in [1.165, 1.54) is 43.4 Å². The van der Waals surface area contributed by atoms with Gasteiger partial charge in [0.1, 0.15) is 0 Å². The zero-order valence-corrected chi connectivity index (χ0v) is 11.5. The number of hydrogen-bond acceptors (Lipinski definition) is 4. The number of amidine groups is 1. The second-order valence-corrected chi connectivity index (χ2v) is 6.42. The molecule has 1 aliphatic heterocycles. The molecule has 0 saturated heterocycles. The first kappa shape index (κ1) is 12.2. The van der Waals surface area contributed by atoms with E-state index >= 15 is 0 Å². The highest BCUT2D eigenvalue weighted by Crippen LogP contribution is 2.41. The Hall–Kier alpha value is -0.900. The van der Waals surface area contributed by atoms with Gasteiger partial charge in [0.25, 0.3) is 0 Å². The quantitative estimate of drug-likeness (QED) is 0.889. The fourth-order valence-electron chi connectivity index (χ4n) is 2.83. The van der Waals surface area contributed by atoms with Gasteiger partial charge in [-0.1, -0.05) is 31.0 Å². The van der Waals surface area contributed by atoms with Crippen LogP contribution in [0.3, 0.4) is 0 Å². The number of thioether (sulfide) groups is 1. The largest absolute Gasteiger partial charge is 0.472 e. The van der Waals surface area contributed by atoms with Crippen LogP contribution in [0.2, 0.25) is 0 Å². The van der Waals surface area contributed by atoms with Crippen molar-refractivity contribution in [1.29, 1.82) is 0 Å². The standard InChI is InChI=1S/C14H20N2OS/c1-2-5-14(6-3-1)10-16-13(18-11-14)15-8-12-4-7-17-9-12/h4,7,9H,1-3,5-6,8,10-11H2,(H,15,16). The van der Waals surface area contributed by atoms with E-state index in [-0.39, 0.29) is 0 Å². The molecule has 3 nitrogen and oxygen atoms in total. The van der Waals surface area contributed by atoms with E-state index in [0.717, 1.165) is 18.3 Å². The molecule has 0 radical (unpaired) electrons. The van der Waals surface area contributed by atoms with Crippen LogP contribution in [0.5, 0.6) is 0 Å². The lowest BCUT2D eigenvalue weighted by atomic mass is 9.75. The molecular weight excluding hydrogens is 244 g/mol. The van der Waals surface area contributed by atoms with Gasteiger partial charge in [-0.3, -0.25) is 4.99 Å². The molecule has 1 fully saturated rings. The van der Waals surface area contributed by atoms with Gasteiger partial charge in [0.05, 0.1) is 12.5 Å². The molecule has 0 atom stereocenters. The molecule has 98 valence electrons. The molecule has 4 heteroatoms. The van der Waals surface area contributed by atoms with E-state index in [0.29, 0.717) is 5.41 Å². The summed E-state index contributed by atoms with van der Waals surface area (Å²) in [7, 11) is 0. The Kier molecular flexibility index (Phi) is 3.64. The van der Waals surface area contributed by atoms with Crippen LogP contribution in [0.15, 0.2) is 28.0 Å². The van der Waals surface area contributed by atoms with Crippen LogP contribution in [-0.4, -0.2) is 17.5 Å². The predicted octanol–water partition coefficient (Wildman–Crippen LogP) is 3.42. The van der Waals surface area contributed by atoms with E-state index < -0.39 is 0 Å². The van der Waals surface area contributed by atoms with Gasteiger partial charge in [0.2, 0.25) is 0 Å². The van der Waals surface area contributed by atoms with E-state index in [2.05, 4.69) is 5.32 Å². The lowest BCUT2D eigenvalue weighted by molar-refractivity contribution is 0.232. The van der Waals surface area contributed by atoms with Gasteiger partial charge >= 0.3 is 0 Å². The molecule has 1 saturated carbocycles. The van der Waals surface area contributed by atoms with Gasteiger partial charge in [0, 0.05) is 24.4 Å². The second-order valence-electron chi connectivity index (χ2n) is 5.46. The van der Waals surface area contributed by atoms with E-state index in [1.807, 2.05) is 17.8 Å². The summed E-state index contributed by atoms with van der Waals surface area (Å²) in [5, 5.41) is 4.50. The van der Waals surface area contributed by atoms with Crippen LogP contribution < -0.4 is 5.32 Å². The molecule has 2 heterocycles. The van der Waals surface area contributed by atoms with Crippen molar-refractivity contribution < 1.29 is 4.42 Å². The van der Waals surface area contributed by atoms with Gasteiger partial charge in [0.15, 0.2) is 5.17 Å². The lowest BCUT2D eigenvalue weighted by Crippen LogP contribution is -2.36. The summed E-state index contributed by atoms with van der Waals surface area (Å²) in [4.78, 5) is 4.74. The normalized spacial score (nSPS) is 22.8. The molecule has 1 aliphatic carbocycles. The zero-order valence-electron chi connectivity index (χ0n) is 10.7. The predicted molar refractivity (Wildman–Crippen MR) is 75.8 cm³/mol. The van der Waals surface area contributed by atoms with Crippen molar-refractivity contribution in [2.75, 3.05) is 12.3 Å². The van der Waals surface area contributed by atoms with Crippen LogP contribution in [0.4, 0.5) is 0 Å². The highest BCUT2D eigenvalue weighted by molar-refractivity contribution is 8.13. The number of furan rings is 1. The summed E-state index contributed by atoms with van der Waals surface area (Å²) >= 11 is 1.90. The Morgan fingerprint density at radius 3 is 2.89 bits per heavy atom. The number of nitrogens with one attached hydrogen (secondary N) is 1. The van der Waals surface area contributed by atoms with Crippen molar-refractivity contribution in [3.05, 3.63) is 24.2 Å². The summed E-state index contributed by atoms with van der Waals surface area (Å²) in [6.45, 7) is 1.84. The SMILES string of the molecule is c1cc(CNC2=NCC3(CCCCC3)CS2)co1. The van der Waals surface area contributed by atoms with Crippen molar-refractivity contribution in [2.24, 2.45) is 10.4 Å². The fraction of sp³-hybridized carbons (Fsp3) is 0.643. The molecule has 0 aromatic carbocycles. The van der Waals surface area contributed by atoms with Crippen molar-refractivity contribution in [3.8, 4) is 0 Å². The molecule has 18 heavy (non-hydrogen) atoms.